The van der Waals surface area contributed by atoms with Crippen molar-refractivity contribution < 1.29 is 0 Å². The number of hydrazine groups is 1. The lowest BCUT2D eigenvalue weighted by atomic mass is 9.82. The first-order valence-corrected chi connectivity index (χ1v) is 13.4. The van der Waals surface area contributed by atoms with Gasteiger partial charge in [0.2, 0.25) is 0 Å². The van der Waals surface area contributed by atoms with E-state index in [4.69, 9.17) is 0 Å². The van der Waals surface area contributed by atoms with Crippen LogP contribution >= 0.6 is 0 Å². The Bertz CT molecular complexity index is 331. The summed E-state index contributed by atoms with van der Waals surface area (Å²) in [4.78, 5) is 0. The van der Waals surface area contributed by atoms with Crippen LogP contribution in [-0.2, 0) is 0 Å². The monoisotopic (exact) mass is 390 g/mol. The van der Waals surface area contributed by atoms with Crippen LogP contribution in [0.15, 0.2) is 0 Å². The first kappa shape index (κ1) is 22.6. The first-order chi connectivity index (χ1) is 13.9. The molecule has 2 N–H and O–H groups in total. The van der Waals surface area contributed by atoms with E-state index in [2.05, 4.69) is 10.9 Å². The minimum absolute atomic E-state index is 0.716. The summed E-state index contributed by atoms with van der Waals surface area (Å²) in [5, 5.41) is 0. The molecular formula is C26H50N2. The summed E-state index contributed by atoms with van der Waals surface area (Å²) in [7, 11) is 0. The van der Waals surface area contributed by atoms with Crippen LogP contribution in [0.2, 0.25) is 0 Å². The van der Waals surface area contributed by atoms with Crippen LogP contribution in [0.1, 0.15) is 141 Å². The van der Waals surface area contributed by atoms with Crippen molar-refractivity contribution in [3.05, 3.63) is 0 Å². The van der Waals surface area contributed by atoms with Crippen molar-refractivity contribution in [1.29, 1.82) is 0 Å². The van der Waals surface area contributed by atoms with E-state index < -0.39 is 0 Å². The van der Waals surface area contributed by atoms with Crippen LogP contribution in [0.25, 0.3) is 0 Å². The molecule has 2 heteroatoms. The Balaban J connectivity index is 1.60. The van der Waals surface area contributed by atoms with Crippen LogP contribution in [-0.4, -0.2) is 12.1 Å². The summed E-state index contributed by atoms with van der Waals surface area (Å²) < 4.78 is 0. The fourth-order valence-electron chi connectivity index (χ4n) is 6.28. The molecule has 28 heavy (non-hydrogen) atoms. The van der Waals surface area contributed by atoms with Gasteiger partial charge in [-0.2, -0.15) is 0 Å². The minimum Gasteiger partial charge on any atom is -0.254 e. The number of hydrogen-bond donors (Lipinski definition) is 2. The van der Waals surface area contributed by atoms with Crippen molar-refractivity contribution >= 4 is 0 Å². The van der Waals surface area contributed by atoms with Gasteiger partial charge in [0, 0.05) is 12.1 Å². The molecule has 0 aromatic rings. The van der Waals surface area contributed by atoms with E-state index in [1.54, 1.807) is 0 Å². The largest absolute Gasteiger partial charge is 0.254 e. The third-order valence-corrected chi connectivity index (χ3v) is 8.17. The Hall–Kier alpha value is -0.0800. The Kier molecular flexibility index (Phi) is 11.3. The third-order valence-electron chi connectivity index (χ3n) is 8.17. The van der Waals surface area contributed by atoms with Crippen molar-refractivity contribution in [3.63, 3.8) is 0 Å². The van der Waals surface area contributed by atoms with Crippen LogP contribution in [0.5, 0.6) is 0 Å². The molecule has 3 fully saturated rings. The Morgan fingerprint density at radius 2 is 0.536 bits per heavy atom. The van der Waals surface area contributed by atoms with Crippen molar-refractivity contribution in [3.8, 4) is 0 Å². The van der Waals surface area contributed by atoms with Gasteiger partial charge in [0.15, 0.2) is 0 Å². The second-order valence-electron chi connectivity index (χ2n) is 10.4. The van der Waals surface area contributed by atoms with Crippen molar-refractivity contribution in [2.24, 2.45) is 11.8 Å². The van der Waals surface area contributed by atoms with Gasteiger partial charge in [-0.15, -0.1) is 0 Å². The molecule has 0 aromatic heterocycles. The summed E-state index contributed by atoms with van der Waals surface area (Å²) in [6, 6.07) is 1.43. The fourth-order valence-corrected chi connectivity index (χ4v) is 6.28. The van der Waals surface area contributed by atoms with Crippen LogP contribution in [0.4, 0.5) is 0 Å². The molecule has 164 valence electrons. The smallest absolute Gasteiger partial charge is 0.0241 e. The molecule has 1 heterocycles. The lowest BCUT2D eigenvalue weighted by molar-refractivity contribution is 0.191. The molecule has 2 atom stereocenters. The molecule has 0 amide bonds. The molecule has 1 aliphatic heterocycles. The van der Waals surface area contributed by atoms with Gasteiger partial charge >= 0.3 is 0 Å². The second kappa shape index (κ2) is 14.0. The molecule has 0 bridgehead atoms. The zero-order valence-corrected chi connectivity index (χ0v) is 18.9. The average molecular weight is 391 g/mol. The zero-order valence-electron chi connectivity index (χ0n) is 18.9. The van der Waals surface area contributed by atoms with E-state index in [9.17, 15) is 0 Å². The maximum absolute atomic E-state index is 3.99. The van der Waals surface area contributed by atoms with Gasteiger partial charge in [-0.3, -0.25) is 10.9 Å². The van der Waals surface area contributed by atoms with Crippen molar-refractivity contribution in [2.75, 3.05) is 0 Å². The van der Waals surface area contributed by atoms with E-state index in [-0.39, 0.29) is 0 Å². The summed E-state index contributed by atoms with van der Waals surface area (Å²) >= 11 is 0. The molecule has 3 aliphatic rings. The maximum Gasteiger partial charge on any atom is 0.0241 e. The molecule has 2 unspecified atom stereocenters. The Morgan fingerprint density at radius 3 is 0.857 bits per heavy atom. The van der Waals surface area contributed by atoms with Gasteiger partial charge in [0.25, 0.3) is 0 Å². The summed E-state index contributed by atoms with van der Waals surface area (Å²) in [5.74, 6) is 1.82. The molecule has 0 aromatic carbocycles. The molecule has 0 spiro atoms. The van der Waals surface area contributed by atoms with Gasteiger partial charge in [-0.05, 0) is 50.4 Å². The van der Waals surface area contributed by atoms with Gasteiger partial charge in [0.1, 0.15) is 0 Å². The lowest BCUT2D eigenvalue weighted by Crippen LogP contribution is -2.52. The summed E-state index contributed by atoms with van der Waals surface area (Å²) in [6.07, 6.45) is 32.1. The Morgan fingerprint density at radius 1 is 0.286 bits per heavy atom. The van der Waals surface area contributed by atoms with E-state index >= 15 is 0 Å². The van der Waals surface area contributed by atoms with E-state index in [0.717, 1.165) is 11.8 Å². The van der Waals surface area contributed by atoms with E-state index in [1.165, 1.54) is 141 Å². The van der Waals surface area contributed by atoms with Crippen LogP contribution in [0.3, 0.4) is 0 Å². The third kappa shape index (κ3) is 8.34. The first-order valence-electron chi connectivity index (χ1n) is 13.4. The van der Waals surface area contributed by atoms with Crippen LogP contribution < -0.4 is 10.9 Å². The zero-order chi connectivity index (χ0) is 19.3. The highest BCUT2D eigenvalue weighted by molar-refractivity contribution is 4.82. The SMILES string of the molecule is C1CCCC(C2CCCCCCCCC(C3CCCCCCC3)NN2)CCC1. The van der Waals surface area contributed by atoms with Gasteiger partial charge in [0.05, 0.1) is 0 Å². The highest BCUT2D eigenvalue weighted by Crippen LogP contribution is 2.30. The highest BCUT2D eigenvalue weighted by atomic mass is 15.4. The maximum atomic E-state index is 3.99. The van der Waals surface area contributed by atoms with Crippen molar-refractivity contribution in [1.82, 2.24) is 10.9 Å². The minimum atomic E-state index is 0.716. The molecule has 0 radical (unpaired) electrons. The average Bonchev–Trinajstić information content (AvgIpc) is 2.63. The van der Waals surface area contributed by atoms with Crippen molar-refractivity contribution in [2.45, 2.75) is 153 Å². The molecule has 2 aliphatic carbocycles. The molecular weight excluding hydrogens is 340 g/mol. The van der Waals surface area contributed by atoms with E-state index in [0.29, 0.717) is 12.1 Å². The summed E-state index contributed by atoms with van der Waals surface area (Å²) in [6.45, 7) is 0. The fraction of sp³-hybridized carbons (Fsp3) is 1.00. The number of hydrogen-bond acceptors (Lipinski definition) is 2. The second-order valence-corrected chi connectivity index (χ2v) is 10.4. The number of nitrogens with one attached hydrogen (secondary N) is 2. The van der Waals surface area contributed by atoms with Gasteiger partial charge in [-0.1, -0.05) is 103 Å². The standard InChI is InChI=1S/C26H50N2/c1-2-10-16-22-26(24-19-13-7-4-8-14-20-24)28-27-25(21-15-9-1)23-17-11-5-3-6-12-18-23/h23-28H,1-22H2. The normalized spacial score (nSPS) is 32.1. The molecule has 2 nitrogen and oxygen atoms in total. The highest BCUT2D eigenvalue weighted by Gasteiger charge is 2.26. The predicted octanol–water partition coefficient (Wildman–Crippen LogP) is 7.67. The number of rotatable bonds is 2. The van der Waals surface area contributed by atoms with E-state index in [1.807, 2.05) is 0 Å². The Labute approximate surface area is 176 Å². The molecule has 2 saturated carbocycles. The lowest BCUT2D eigenvalue weighted by Gasteiger charge is -2.35. The topological polar surface area (TPSA) is 24.1 Å². The molecule has 1 saturated heterocycles. The molecule has 3 rings (SSSR count). The van der Waals surface area contributed by atoms with Gasteiger partial charge < -0.3 is 0 Å². The quantitative estimate of drug-likeness (QED) is 0.505. The predicted molar refractivity (Wildman–Crippen MR) is 122 cm³/mol. The van der Waals surface area contributed by atoms with Crippen LogP contribution in [0, 0.1) is 11.8 Å². The van der Waals surface area contributed by atoms with Gasteiger partial charge in [-0.25, -0.2) is 0 Å². The summed E-state index contributed by atoms with van der Waals surface area (Å²) in [5.41, 5.74) is 7.98.